The topological polar surface area (TPSA) is 65.7 Å². The minimum absolute atomic E-state index is 0.160. The van der Waals surface area contributed by atoms with E-state index in [1.165, 1.54) is 22.7 Å². The van der Waals surface area contributed by atoms with E-state index in [2.05, 4.69) is 4.98 Å². The molecule has 6 nitrogen and oxygen atoms in total. The lowest BCUT2D eigenvalue weighted by Crippen LogP contribution is -2.18. The molecule has 3 heterocycles. The zero-order valence-electron chi connectivity index (χ0n) is 18.8. The van der Waals surface area contributed by atoms with E-state index in [4.69, 9.17) is 14.5 Å². The van der Waals surface area contributed by atoms with Crippen LogP contribution >= 0.6 is 0 Å². The Morgan fingerprint density at radius 1 is 1.06 bits per heavy atom. The van der Waals surface area contributed by atoms with Crippen molar-refractivity contribution in [3.8, 4) is 22.6 Å². The van der Waals surface area contributed by atoms with Crippen LogP contribution in [0.2, 0.25) is 0 Å². The Kier molecular flexibility index (Phi) is 6.08. The van der Waals surface area contributed by atoms with Gasteiger partial charge in [-0.1, -0.05) is 18.2 Å². The first-order valence-electron chi connectivity index (χ1n) is 11.3. The van der Waals surface area contributed by atoms with Gasteiger partial charge >= 0.3 is 0 Å². The molecule has 0 spiro atoms. The van der Waals surface area contributed by atoms with E-state index in [9.17, 15) is 9.18 Å². The summed E-state index contributed by atoms with van der Waals surface area (Å²) in [4.78, 5) is 21.8. The average molecular weight is 458 g/mol. The number of aromatic nitrogens is 3. The van der Waals surface area contributed by atoms with Gasteiger partial charge < -0.3 is 9.47 Å². The van der Waals surface area contributed by atoms with Crippen molar-refractivity contribution in [2.24, 2.45) is 0 Å². The molecule has 0 radical (unpaired) electrons. The summed E-state index contributed by atoms with van der Waals surface area (Å²) in [5.41, 5.74) is 2.37. The van der Waals surface area contributed by atoms with Crippen molar-refractivity contribution in [3.05, 3.63) is 88.5 Å². The number of rotatable bonds is 6. The van der Waals surface area contributed by atoms with E-state index in [1.54, 1.807) is 31.5 Å². The number of hydrogen-bond donors (Lipinski definition) is 0. The number of pyridine rings is 2. The van der Waals surface area contributed by atoms with Crippen LogP contribution in [-0.4, -0.2) is 27.6 Å². The van der Waals surface area contributed by atoms with E-state index in [1.807, 2.05) is 30.3 Å². The van der Waals surface area contributed by atoms with Crippen molar-refractivity contribution in [1.82, 2.24) is 14.4 Å². The van der Waals surface area contributed by atoms with E-state index in [-0.39, 0.29) is 11.7 Å². The summed E-state index contributed by atoms with van der Waals surface area (Å²) in [6.07, 6.45) is 11.2. The average Bonchev–Trinajstić information content (AvgIpc) is 3.37. The quantitative estimate of drug-likeness (QED) is 0.363. The number of methoxy groups -OCH3 is 1. The molecule has 172 valence electrons. The van der Waals surface area contributed by atoms with Crippen LogP contribution in [0.1, 0.15) is 36.9 Å². The van der Waals surface area contributed by atoms with Crippen molar-refractivity contribution in [3.63, 3.8) is 0 Å². The smallest absolute Gasteiger partial charge is 0.266 e. The fourth-order valence-electron chi connectivity index (χ4n) is 4.31. The summed E-state index contributed by atoms with van der Waals surface area (Å²) in [5, 5.41) is 0. The zero-order valence-corrected chi connectivity index (χ0v) is 18.8. The summed E-state index contributed by atoms with van der Waals surface area (Å²) in [6.45, 7) is 0. The minimum Gasteiger partial charge on any atom is -0.493 e. The van der Waals surface area contributed by atoms with Crippen molar-refractivity contribution in [1.29, 1.82) is 0 Å². The molecule has 1 aromatic carbocycles. The number of nitrogens with zero attached hydrogens (tertiary/aromatic N) is 3. The second-order valence-electron chi connectivity index (χ2n) is 8.21. The van der Waals surface area contributed by atoms with Gasteiger partial charge in [0.25, 0.3) is 5.56 Å². The maximum Gasteiger partial charge on any atom is 0.266 e. The van der Waals surface area contributed by atoms with Crippen LogP contribution in [0.15, 0.2) is 65.7 Å². The van der Waals surface area contributed by atoms with Crippen LogP contribution < -0.4 is 15.0 Å². The summed E-state index contributed by atoms with van der Waals surface area (Å²) in [5.74, 6) is 0.721. The predicted octanol–water partition coefficient (Wildman–Crippen LogP) is 5.40. The van der Waals surface area contributed by atoms with Gasteiger partial charge in [-0.15, -0.1) is 0 Å². The Labute approximate surface area is 196 Å². The van der Waals surface area contributed by atoms with Gasteiger partial charge in [-0.2, -0.15) is 4.39 Å². The minimum atomic E-state index is -0.611. The molecule has 0 aliphatic heterocycles. The van der Waals surface area contributed by atoms with Crippen LogP contribution in [-0.2, 0) is 0 Å². The highest BCUT2D eigenvalue weighted by molar-refractivity contribution is 5.81. The van der Waals surface area contributed by atoms with E-state index < -0.39 is 5.95 Å². The molecule has 0 amide bonds. The van der Waals surface area contributed by atoms with Crippen LogP contribution in [0.4, 0.5) is 4.39 Å². The molecule has 0 unspecified atom stereocenters. The van der Waals surface area contributed by atoms with Gasteiger partial charge in [0.1, 0.15) is 5.65 Å². The van der Waals surface area contributed by atoms with Crippen molar-refractivity contribution < 1.29 is 13.9 Å². The molecule has 1 aliphatic carbocycles. The first-order valence-corrected chi connectivity index (χ1v) is 11.3. The molecule has 3 aromatic heterocycles. The van der Waals surface area contributed by atoms with E-state index in [0.29, 0.717) is 34.0 Å². The highest BCUT2D eigenvalue weighted by atomic mass is 19.1. The van der Waals surface area contributed by atoms with Crippen molar-refractivity contribution in [2.75, 3.05) is 7.11 Å². The fourth-order valence-corrected chi connectivity index (χ4v) is 4.31. The van der Waals surface area contributed by atoms with Crippen LogP contribution in [0.3, 0.4) is 0 Å². The Morgan fingerprint density at radius 3 is 2.68 bits per heavy atom. The van der Waals surface area contributed by atoms with Crippen LogP contribution in [0.5, 0.6) is 11.5 Å². The number of halogens is 1. The largest absolute Gasteiger partial charge is 0.493 e. The van der Waals surface area contributed by atoms with Crippen molar-refractivity contribution in [2.45, 2.75) is 31.8 Å². The number of hydrogen-bond acceptors (Lipinski definition) is 5. The molecule has 0 N–H and O–H groups in total. The number of fused-ring (bicyclic) bond motifs is 1. The van der Waals surface area contributed by atoms with Crippen molar-refractivity contribution >= 4 is 17.8 Å². The Bertz CT molecular complexity index is 1410. The van der Waals surface area contributed by atoms with Gasteiger partial charge in [-0.25, -0.2) is 9.97 Å². The molecule has 1 aliphatic rings. The molecule has 0 bridgehead atoms. The molecule has 7 heteroatoms. The maximum atomic E-state index is 13.5. The van der Waals surface area contributed by atoms with Gasteiger partial charge in [-0.05, 0) is 68.2 Å². The lowest BCUT2D eigenvalue weighted by atomic mass is 10.1. The molecule has 1 fully saturated rings. The highest BCUT2D eigenvalue weighted by Crippen LogP contribution is 2.36. The molecule has 4 aromatic rings. The Hall–Kier alpha value is -4.00. The second kappa shape index (κ2) is 9.47. The Balaban J connectivity index is 1.63. The number of ether oxygens (including phenoxy) is 2. The third-order valence-electron chi connectivity index (χ3n) is 6.01. The standard InChI is InChI=1S/C27H24FN3O3/c1-33-22-10-6-7-18(26(22)34-20-8-2-3-9-20)12-14-21-25(19-13-15-23(28)29-17-19)27(32)31-16-5-4-11-24(31)30-21/h4-7,10-17,20H,2-3,8-9H2,1H3. The highest BCUT2D eigenvalue weighted by Gasteiger charge is 2.20. The summed E-state index contributed by atoms with van der Waals surface area (Å²) in [6, 6.07) is 13.8. The summed E-state index contributed by atoms with van der Waals surface area (Å²) >= 11 is 0. The number of benzene rings is 1. The van der Waals surface area contributed by atoms with Gasteiger partial charge in [0.05, 0.1) is 24.5 Å². The SMILES string of the molecule is COc1cccc(C=Cc2nc3ccccn3c(=O)c2-c2ccc(F)nc2)c1OC1CCCC1. The summed E-state index contributed by atoms with van der Waals surface area (Å²) < 4.78 is 26.8. The molecular formula is C27H24FN3O3. The molecule has 5 rings (SSSR count). The third-order valence-corrected chi connectivity index (χ3v) is 6.01. The molecule has 0 atom stereocenters. The molecule has 34 heavy (non-hydrogen) atoms. The first-order chi connectivity index (χ1) is 16.6. The van der Waals surface area contributed by atoms with E-state index in [0.717, 1.165) is 31.2 Å². The fraction of sp³-hybridized carbons (Fsp3) is 0.222. The second-order valence-corrected chi connectivity index (χ2v) is 8.21. The van der Waals surface area contributed by atoms with Gasteiger partial charge in [0, 0.05) is 23.5 Å². The van der Waals surface area contributed by atoms with Crippen LogP contribution in [0, 0.1) is 5.95 Å². The van der Waals surface area contributed by atoms with Gasteiger partial charge in [0.2, 0.25) is 5.95 Å². The summed E-state index contributed by atoms with van der Waals surface area (Å²) in [7, 11) is 1.62. The van der Waals surface area contributed by atoms with Gasteiger partial charge in [-0.3, -0.25) is 9.20 Å². The normalized spacial score (nSPS) is 14.2. The molecular weight excluding hydrogens is 433 g/mol. The van der Waals surface area contributed by atoms with Crippen LogP contribution in [0.25, 0.3) is 28.9 Å². The van der Waals surface area contributed by atoms with E-state index >= 15 is 0 Å². The zero-order chi connectivity index (χ0) is 23.5. The molecule has 1 saturated carbocycles. The van der Waals surface area contributed by atoms with Gasteiger partial charge in [0.15, 0.2) is 11.5 Å². The monoisotopic (exact) mass is 457 g/mol. The third kappa shape index (κ3) is 4.29. The predicted molar refractivity (Wildman–Crippen MR) is 129 cm³/mol. The lowest BCUT2D eigenvalue weighted by Gasteiger charge is -2.18. The maximum absolute atomic E-state index is 13.5. The first kappa shape index (κ1) is 21.8. The Morgan fingerprint density at radius 2 is 1.91 bits per heavy atom. The molecule has 0 saturated heterocycles. The number of para-hydroxylation sites is 1. The lowest BCUT2D eigenvalue weighted by molar-refractivity contribution is 0.200.